The minimum absolute atomic E-state index is 0.133. The number of hydrogen-bond donors (Lipinski definition) is 4. The van der Waals surface area contributed by atoms with Gasteiger partial charge >= 0.3 is 0 Å². The van der Waals surface area contributed by atoms with Crippen molar-refractivity contribution in [3.05, 3.63) is 12.7 Å². The summed E-state index contributed by atoms with van der Waals surface area (Å²) in [4.78, 5) is 15.9. The molecule has 2 rings (SSSR count). The Hall–Kier alpha value is -2.38. The van der Waals surface area contributed by atoms with Crippen LogP contribution >= 0.6 is 0 Å². The highest BCUT2D eigenvalue weighted by atomic mass is 32.2. The molecule has 13 heteroatoms. The summed E-state index contributed by atoms with van der Waals surface area (Å²) in [5.41, 5.74) is 2.31. The van der Waals surface area contributed by atoms with Crippen molar-refractivity contribution >= 4 is 21.9 Å². The van der Waals surface area contributed by atoms with Gasteiger partial charge < -0.3 is 5.32 Å². The van der Waals surface area contributed by atoms with Gasteiger partial charge in [-0.15, -0.1) is 0 Å². The number of nitrogens with one attached hydrogen (secondary N) is 3. The molecule has 0 radical (unpaired) electrons. The maximum atomic E-state index is 10.9. The van der Waals surface area contributed by atoms with Crippen molar-refractivity contribution in [3.8, 4) is 5.95 Å². The van der Waals surface area contributed by atoms with E-state index in [1.807, 2.05) is 0 Å². The Bertz CT molecular complexity index is 685. The minimum Gasteiger partial charge on any atom is -0.353 e. The van der Waals surface area contributed by atoms with E-state index < -0.39 is 10.0 Å². The van der Waals surface area contributed by atoms with Crippen LogP contribution in [0.1, 0.15) is 0 Å². The molecular weight excluding hydrogens is 300 g/mol. The maximum absolute atomic E-state index is 10.9. The van der Waals surface area contributed by atoms with Crippen molar-refractivity contribution in [2.24, 2.45) is 5.84 Å². The lowest BCUT2D eigenvalue weighted by Crippen LogP contribution is -2.28. The molecule has 0 aliphatic heterocycles. The Morgan fingerprint density at radius 1 is 1.24 bits per heavy atom. The number of nitrogens with zero attached hydrogens (tertiary/aromatic N) is 6. The molecule has 2 heterocycles. The van der Waals surface area contributed by atoms with Crippen LogP contribution in [0.5, 0.6) is 0 Å². The van der Waals surface area contributed by atoms with Crippen LogP contribution < -0.4 is 21.3 Å². The molecule has 114 valence electrons. The molecule has 0 fully saturated rings. The second-order valence-electron chi connectivity index (χ2n) is 3.86. The van der Waals surface area contributed by atoms with Crippen molar-refractivity contribution in [1.29, 1.82) is 0 Å². The van der Waals surface area contributed by atoms with Gasteiger partial charge in [-0.05, 0) is 0 Å². The van der Waals surface area contributed by atoms with Crippen molar-refractivity contribution in [2.75, 3.05) is 30.1 Å². The Morgan fingerprint density at radius 3 is 2.62 bits per heavy atom. The van der Waals surface area contributed by atoms with Gasteiger partial charge in [-0.3, -0.25) is 5.43 Å². The molecule has 0 aliphatic carbocycles. The summed E-state index contributed by atoms with van der Waals surface area (Å²) >= 11 is 0. The van der Waals surface area contributed by atoms with Crippen LogP contribution in [0.3, 0.4) is 0 Å². The predicted octanol–water partition coefficient (Wildman–Crippen LogP) is -2.30. The molecule has 0 aliphatic rings. The van der Waals surface area contributed by atoms with Gasteiger partial charge in [0.25, 0.3) is 5.95 Å². The highest BCUT2D eigenvalue weighted by Crippen LogP contribution is 2.06. The number of sulfonamides is 1. The molecule has 2 aromatic heterocycles. The molecule has 12 nitrogen and oxygen atoms in total. The van der Waals surface area contributed by atoms with E-state index in [1.165, 1.54) is 17.3 Å². The molecule has 0 atom stereocenters. The number of nitrogens with two attached hydrogens (primary N) is 1. The van der Waals surface area contributed by atoms with Gasteiger partial charge in [-0.1, -0.05) is 0 Å². The smallest absolute Gasteiger partial charge is 0.258 e. The predicted molar refractivity (Wildman–Crippen MR) is 73.9 cm³/mol. The molecule has 0 aromatic carbocycles. The van der Waals surface area contributed by atoms with E-state index in [0.717, 1.165) is 6.26 Å². The van der Waals surface area contributed by atoms with Gasteiger partial charge in [0, 0.05) is 13.1 Å². The van der Waals surface area contributed by atoms with Gasteiger partial charge in [-0.25, -0.2) is 24.0 Å². The van der Waals surface area contributed by atoms with E-state index >= 15 is 0 Å². The molecule has 21 heavy (non-hydrogen) atoms. The topological polar surface area (TPSA) is 166 Å². The van der Waals surface area contributed by atoms with Crippen LogP contribution in [0.25, 0.3) is 5.95 Å². The molecule has 2 aromatic rings. The van der Waals surface area contributed by atoms with Gasteiger partial charge in [-0.2, -0.15) is 24.7 Å². The highest BCUT2D eigenvalue weighted by Gasteiger charge is 2.08. The third-order valence-electron chi connectivity index (χ3n) is 2.15. The summed E-state index contributed by atoms with van der Waals surface area (Å²) in [6.45, 7) is 0.479. The quantitative estimate of drug-likeness (QED) is 0.248. The summed E-state index contributed by atoms with van der Waals surface area (Å²) in [5, 5.41) is 6.74. The zero-order chi connectivity index (χ0) is 15.3. The first-order chi connectivity index (χ1) is 9.98. The number of hydrogen-bond acceptors (Lipinski definition) is 10. The Kier molecular flexibility index (Phi) is 4.56. The highest BCUT2D eigenvalue weighted by molar-refractivity contribution is 7.88. The molecule has 0 saturated heterocycles. The summed E-state index contributed by atoms with van der Waals surface area (Å²) in [5.74, 6) is 5.86. The number of hydrazine groups is 1. The standard InChI is InChI=1S/C8H14N10O2S/c1-21(19,20)13-3-2-11-6-14-7(17-9)16-8(15-6)18-5-10-4-12-18/h4-5,13H,2-3,9H2,1H3,(H2,11,14,15,16,17). The van der Waals surface area contributed by atoms with Gasteiger partial charge in [0.15, 0.2) is 0 Å². The summed E-state index contributed by atoms with van der Waals surface area (Å²) < 4.78 is 25.5. The Morgan fingerprint density at radius 2 is 2.00 bits per heavy atom. The molecule has 0 spiro atoms. The third-order valence-corrected chi connectivity index (χ3v) is 2.88. The normalized spacial score (nSPS) is 11.3. The first-order valence-corrected chi connectivity index (χ1v) is 7.63. The van der Waals surface area contributed by atoms with Crippen LogP contribution in [0.4, 0.5) is 11.9 Å². The maximum Gasteiger partial charge on any atom is 0.258 e. The molecular formula is C8H14N10O2S. The second-order valence-corrected chi connectivity index (χ2v) is 5.69. The Labute approximate surface area is 120 Å². The van der Waals surface area contributed by atoms with E-state index in [1.54, 1.807) is 0 Å². The molecule has 0 bridgehead atoms. The lowest BCUT2D eigenvalue weighted by Gasteiger charge is -2.08. The van der Waals surface area contributed by atoms with E-state index in [2.05, 4.69) is 40.5 Å². The largest absolute Gasteiger partial charge is 0.353 e. The van der Waals surface area contributed by atoms with Crippen LogP contribution in [-0.2, 0) is 10.0 Å². The van der Waals surface area contributed by atoms with Crippen LogP contribution in [0.15, 0.2) is 12.7 Å². The van der Waals surface area contributed by atoms with Gasteiger partial charge in [0.1, 0.15) is 12.7 Å². The number of aromatic nitrogens is 6. The van der Waals surface area contributed by atoms with Crippen molar-refractivity contribution in [2.45, 2.75) is 0 Å². The average Bonchev–Trinajstić information content (AvgIpc) is 2.96. The SMILES string of the molecule is CS(=O)(=O)NCCNc1nc(NN)nc(-n2cncn2)n1. The van der Waals surface area contributed by atoms with E-state index in [-0.39, 0.29) is 30.9 Å². The van der Waals surface area contributed by atoms with Crippen LogP contribution in [0, 0.1) is 0 Å². The monoisotopic (exact) mass is 314 g/mol. The van der Waals surface area contributed by atoms with Crippen LogP contribution in [-0.4, -0.2) is 57.5 Å². The molecule has 5 N–H and O–H groups in total. The summed E-state index contributed by atoms with van der Waals surface area (Å²) in [6, 6.07) is 0. The van der Waals surface area contributed by atoms with E-state index in [0.29, 0.717) is 0 Å². The lowest BCUT2D eigenvalue weighted by molar-refractivity contribution is 0.589. The van der Waals surface area contributed by atoms with Crippen molar-refractivity contribution in [3.63, 3.8) is 0 Å². The van der Waals surface area contributed by atoms with Crippen molar-refractivity contribution in [1.82, 2.24) is 34.4 Å². The van der Waals surface area contributed by atoms with E-state index in [4.69, 9.17) is 5.84 Å². The summed E-state index contributed by atoms with van der Waals surface area (Å²) in [6.07, 6.45) is 3.84. The van der Waals surface area contributed by atoms with Crippen molar-refractivity contribution < 1.29 is 8.42 Å². The zero-order valence-corrected chi connectivity index (χ0v) is 11.9. The fraction of sp³-hybridized carbons (Fsp3) is 0.375. The van der Waals surface area contributed by atoms with Gasteiger partial charge in [0.05, 0.1) is 6.26 Å². The fourth-order valence-corrected chi connectivity index (χ4v) is 1.81. The number of anilines is 2. The van der Waals surface area contributed by atoms with Crippen LogP contribution in [0.2, 0.25) is 0 Å². The number of nitrogen functional groups attached to an aromatic ring is 1. The summed E-state index contributed by atoms with van der Waals surface area (Å²) in [7, 11) is -3.23. The average molecular weight is 314 g/mol. The molecule has 0 unspecified atom stereocenters. The number of rotatable bonds is 7. The first kappa shape index (κ1) is 15.0. The minimum atomic E-state index is -3.23. The second kappa shape index (κ2) is 6.38. The first-order valence-electron chi connectivity index (χ1n) is 5.74. The molecule has 0 saturated carbocycles. The Balaban J connectivity index is 2.07. The van der Waals surface area contributed by atoms with E-state index in [9.17, 15) is 8.42 Å². The third kappa shape index (κ3) is 4.59. The fourth-order valence-electron chi connectivity index (χ4n) is 1.33. The lowest BCUT2D eigenvalue weighted by atomic mass is 10.6. The van der Waals surface area contributed by atoms with Gasteiger partial charge in [0.2, 0.25) is 21.9 Å². The molecule has 0 amide bonds. The zero-order valence-electron chi connectivity index (χ0n) is 11.1.